The number of hydrogen-bond acceptors (Lipinski definition) is 15. The largest absolute Gasteiger partial charge is 0.467 e. The van der Waals surface area contributed by atoms with Crippen LogP contribution in [0, 0.1) is 0 Å². The van der Waals surface area contributed by atoms with E-state index in [1.54, 1.807) is 0 Å². The number of hydrogen-bond donors (Lipinski definition) is 0. The Balaban J connectivity index is -0.000000413. The average molecular weight is 1500 g/mol. The molecule has 0 saturated carbocycles. The Morgan fingerprint density at radius 3 is 0.491 bits per heavy atom. The zero-order valence-corrected chi connectivity index (χ0v) is 67.0. The molecular weight excluding hydrogens is 1360 g/mol. The fourth-order valence-electron chi connectivity index (χ4n) is 8.58. The van der Waals surface area contributed by atoms with E-state index in [0.717, 1.165) is 173 Å². The Bertz CT molecular complexity index is 2690. The first-order valence-corrected chi connectivity index (χ1v) is 39.6. The summed E-state index contributed by atoms with van der Waals surface area (Å²) in [5.41, 5.74) is 0. The van der Waals surface area contributed by atoms with Gasteiger partial charge in [-0.3, -0.25) is 47.9 Å². The average Bonchev–Trinajstić information content (AvgIpc) is 3.17. The monoisotopic (exact) mass is 1500 g/mol. The van der Waals surface area contributed by atoms with Crippen molar-refractivity contribution in [3.05, 3.63) is 219 Å². The predicted molar refractivity (Wildman–Crippen MR) is 449 cm³/mol. The molecule has 0 aliphatic carbocycles. The lowest BCUT2D eigenvalue weighted by Gasteiger charge is -1.99. The molecule has 0 aromatic rings. The van der Waals surface area contributed by atoms with Gasteiger partial charge in [-0.25, -0.2) is 0 Å². The van der Waals surface area contributed by atoms with E-state index in [0.29, 0.717) is 96.6 Å². The minimum atomic E-state index is 0.129. The summed E-state index contributed by atoms with van der Waals surface area (Å²) in [4.78, 5) is 106. The van der Waals surface area contributed by atoms with Crippen molar-refractivity contribution in [2.24, 2.45) is 0 Å². The van der Waals surface area contributed by atoms with Gasteiger partial charge in [-0.2, -0.15) is 0 Å². The van der Waals surface area contributed by atoms with Crippen molar-refractivity contribution in [3.63, 3.8) is 0 Å². The van der Waals surface area contributed by atoms with E-state index in [1.807, 2.05) is 18.2 Å². The van der Waals surface area contributed by atoms with Gasteiger partial charge in [0, 0.05) is 64.2 Å². The van der Waals surface area contributed by atoms with Gasteiger partial charge >= 0.3 is 0 Å². The second-order valence-corrected chi connectivity index (χ2v) is 24.0. The molecule has 0 N–H and O–H groups in total. The van der Waals surface area contributed by atoms with Crippen LogP contribution in [0.4, 0.5) is 0 Å². The summed E-state index contributed by atoms with van der Waals surface area (Å²) in [5, 5.41) is 0. The number of unbranched alkanes of at least 4 members (excludes halogenated alkanes) is 4. The highest BCUT2D eigenvalue weighted by atomic mass is 16.5. The first-order valence-electron chi connectivity index (χ1n) is 39.6. The van der Waals surface area contributed by atoms with Crippen LogP contribution in [0.5, 0.6) is 0 Å². The van der Waals surface area contributed by atoms with Crippen LogP contribution >= 0.6 is 0 Å². The molecule has 0 spiro atoms. The van der Waals surface area contributed by atoms with Crippen molar-refractivity contribution in [2.45, 2.75) is 272 Å². The van der Waals surface area contributed by atoms with Gasteiger partial charge in [0.25, 0.3) is 32.4 Å². The van der Waals surface area contributed by atoms with Gasteiger partial charge in [0.05, 0.1) is 33.0 Å². The lowest BCUT2D eigenvalue weighted by atomic mass is 10.1. The lowest BCUT2D eigenvalue weighted by molar-refractivity contribution is -0.131. The smallest absolute Gasteiger partial charge is 0.293 e. The van der Waals surface area contributed by atoms with Gasteiger partial charge in [-0.05, 0) is 173 Å². The van der Waals surface area contributed by atoms with Crippen molar-refractivity contribution < 1.29 is 71.6 Å². The van der Waals surface area contributed by atoms with Gasteiger partial charge in [0.15, 0.2) is 0 Å². The molecule has 0 fully saturated rings. The van der Waals surface area contributed by atoms with E-state index in [9.17, 15) is 47.9 Å². The minimum Gasteiger partial charge on any atom is -0.467 e. The third-order valence-corrected chi connectivity index (χ3v) is 14.5. The van der Waals surface area contributed by atoms with Crippen LogP contribution in [0.1, 0.15) is 272 Å². The van der Waals surface area contributed by atoms with E-state index in [1.165, 1.54) is 0 Å². The molecule has 0 aliphatic rings. The number of carbonyl (C=O) groups excluding carboxylic acids is 10. The number of carbonyl (C=O) groups is 10. The first kappa shape index (κ1) is 108. The molecule has 0 heterocycles. The van der Waals surface area contributed by atoms with Crippen LogP contribution in [0.3, 0.4) is 0 Å². The fraction of sp³-hybridized carbons (Fsp3) is 0.505. The summed E-state index contributed by atoms with van der Waals surface area (Å²) in [5.74, 6) is 0.731. The second-order valence-electron chi connectivity index (χ2n) is 24.0. The SMILES string of the molecule is CC/C=C\C/C=C\C/C=C\C/C=C\C/C=C\CCCCC(=O)CCOC=O.CC/C=C\C/C=C\C/C=C\C/C=C\CCC(=O)CCOC=O.CC/C=C\C/C=C\C/C=C\C/C=C\CCCCC(=O)CCOC=O.CC/C=C\C/C=C\C/C=C\CCC(=O)CCOC=O.CC/C=C\C/C=C\CCC(=O)CCOC=O. The van der Waals surface area contributed by atoms with Gasteiger partial charge in [-0.1, -0.05) is 253 Å². The molecule has 0 aromatic heterocycles. The highest BCUT2D eigenvalue weighted by molar-refractivity contribution is 5.80. The van der Waals surface area contributed by atoms with Crippen molar-refractivity contribution in [2.75, 3.05) is 33.0 Å². The molecule has 0 rings (SSSR count). The molecule has 15 nitrogen and oxygen atoms in total. The molecule has 108 heavy (non-hydrogen) atoms. The zero-order valence-electron chi connectivity index (χ0n) is 67.0. The van der Waals surface area contributed by atoms with E-state index in [-0.39, 0.29) is 62.0 Å². The molecule has 0 atom stereocenters. The normalized spacial score (nSPS) is 11.9. The Morgan fingerprint density at radius 2 is 0.324 bits per heavy atom. The highest BCUT2D eigenvalue weighted by Crippen LogP contribution is 2.08. The number of allylic oxidation sites excluding steroid dienone is 36. The van der Waals surface area contributed by atoms with Gasteiger partial charge < -0.3 is 23.7 Å². The molecule has 0 amide bonds. The third-order valence-electron chi connectivity index (χ3n) is 14.5. The minimum absolute atomic E-state index is 0.129. The Morgan fingerprint density at radius 1 is 0.176 bits per heavy atom. The van der Waals surface area contributed by atoms with E-state index >= 15 is 0 Å². The van der Waals surface area contributed by atoms with Gasteiger partial charge in [-0.15, -0.1) is 0 Å². The summed E-state index contributed by atoms with van der Waals surface area (Å²) in [7, 11) is 0. The topological polar surface area (TPSA) is 217 Å². The van der Waals surface area contributed by atoms with Crippen molar-refractivity contribution in [1.29, 1.82) is 0 Å². The lowest BCUT2D eigenvalue weighted by Crippen LogP contribution is -2.03. The molecule has 15 heteroatoms. The number of Topliss-reactive ketones (excluding diaryl/α,β-unsaturated/α-hetero) is 5. The van der Waals surface area contributed by atoms with Gasteiger partial charge in [0.2, 0.25) is 0 Å². The summed E-state index contributed by atoms with van der Waals surface area (Å²) in [6.07, 6.45) is 108. The van der Waals surface area contributed by atoms with Crippen LogP contribution in [0.25, 0.3) is 0 Å². The van der Waals surface area contributed by atoms with E-state index in [2.05, 4.69) is 259 Å². The Labute approximate surface area is 653 Å². The molecule has 0 saturated heterocycles. The molecule has 0 aliphatic heterocycles. The summed E-state index contributed by atoms with van der Waals surface area (Å²) in [6.45, 7) is 13.5. The van der Waals surface area contributed by atoms with Crippen LogP contribution in [0.2, 0.25) is 0 Å². The van der Waals surface area contributed by atoms with Crippen molar-refractivity contribution in [3.8, 4) is 0 Å². The van der Waals surface area contributed by atoms with Crippen LogP contribution in [0.15, 0.2) is 219 Å². The fourth-order valence-corrected chi connectivity index (χ4v) is 8.58. The standard InChI is InChI=1S/C24H36O3.C21H32O3.C19H28O3.C16H24O3.C13H20O3/c1-2-3-4-5-6-7-8-9-10-11-12-13-14-15-16-17-18-19-20-24(26)21-22-27-23-25;1-2-3-4-5-6-7-8-9-10-11-12-13-14-15-16-17-21(23)18-19-24-20-22;1-2-3-4-5-6-7-8-9-10-11-12-13-14-15-19(21)16-17-22-18-20;1-2-3-4-5-6-7-8-9-10-11-12-16(18)13-14-19-15-17;1-2-3-4-5-6-7-8-9-13(15)10-11-16-12-14/h3-4,6-7,9-10,12-13,15-16,23H,2,5,8,11,14,17-22H2,1H3;3-4,6-7,9-10,12-13,20H,2,5,8,11,14-19H2,1H3;3-4,6-7,9-10,12-13,18H,2,5,8,11,14-17H2,1H3;3-4,6-7,9-10,15H,2,5,8,11-14H2,1H3;3-4,6-7,12H,2,5,8-11H2,1H3/b4-3-,7-6-,10-9-,13-12-,16-15-;2*4-3-,7-6-,10-9-,13-12-;4-3-,7-6-,10-9-;4-3-,7-6-. The van der Waals surface area contributed by atoms with E-state index < -0.39 is 0 Å². The van der Waals surface area contributed by atoms with Crippen LogP contribution in [-0.4, -0.2) is 94.3 Å². The van der Waals surface area contributed by atoms with E-state index in [4.69, 9.17) is 0 Å². The summed E-state index contributed by atoms with van der Waals surface area (Å²) < 4.78 is 22.4. The van der Waals surface area contributed by atoms with Crippen LogP contribution in [-0.2, 0) is 71.6 Å². The predicted octanol–water partition coefficient (Wildman–Crippen LogP) is 23.2. The zero-order chi connectivity index (χ0) is 80.1. The molecule has 0 radical (unpaired) electrons. The molecular formula is C93H140O15. The second kappa shape index (κ2) is 104. The first-order chi connectivity index (χ1) is 53.0. The van der Waals surface area contributed by atoms with Crippen LogP contribution < -0.4 is 0 Å². The maximum absolute atomic E-state index is 11.5. The van der Waals surface area contributed by atoms with Gasteiger partial charge in [0.1, 0.15) is 28.9 Å². The molecule has 0 bridgehead atoms. The Hall–Kier alpha value is -8.98. The Kier molecular flexibility index (Phi) is 104. The number of ether oxygens (including phenoxy) is 5. The van der Waals surface area contributed by atoms with Crippen molar-refractivity contribution in [1.82, 2.24) is 0 Å². The summed E-state index contributed by atoms with van der Waals surface area (Å²) in [6, 6.07) is 0. The molecule has 602 valence electrons. The highest BCUT2D eigenvalue weighted by Gasteiger charge is 2.04. The number of rotatable bonds is 70. The molecule has 0 unspecified atom stereocenters. The maximum Gasteiger partial charge on any atom is 0.293 e. The quantitative estimate of drug-likeness (QED) is 0.0239. The van der Waals surface area contributed by atoms with Crippen molar-refractivity contribution >= 4 is 61.3 Å². The maximum atomic E-state index is 11.5. The number of ketones is 5. The summed E-state index contributed by atoms with van der Waals surface area (Å²) >= 11 is 0. The molecule has 0 aromatic carbocycles. The third kappa shape index (κ3) is 113.